The Morgan fingerprint density at radius 3 is 2.55 bits per heavy atom. The van der Waals surface area contributed by atoms with Gasteiger partial charge in [-0.25, -0.2) is 0 Å². The lowest BCUT2D eigenvalue weighted by molar-refractivity contribution is -0.148. The Hall–Kier alpha value is -3.06. The molecule has 1 saturated heterocycles. The molecule has 230 valence electrons. The molecular formula is C35H49NO6. The molecule has 0 bridgehead atoms. The molecule has 3 atom stereocenters. The molecule has 0 unspecified atom stereocenters. The molecule has 42 heavy (non-hydrogen) atoms. The van der Waals surface area contributed by atoms with Crippen molar-refractivity contribution in [2.24, 2.45) is 5.92 Å². The maximum absolute atomic E-state index is 13.0. The molecule has 2 N–H and O–H groups in total. The highest BCUT2D eigenvalue weighted by atomic mass is 16.5. The predicted octanol–water partition coefficient (Wildman–Crippen LogP) is 6.50. The monoisotopic (exact) mass is 579 g/mol. The molecule has 1 heterocycles. The fourth-order valence-corrected chi connectivity index (χ4v) is 6.40. The van der Waals surface area contributed by atoms with Crippen LogP contribution in [0.3, 0.4) is 0 Å². The van der Waals surface area contributed by atoms with Gasteiger partial charge in [-0.2, -0.15) is 0 Å². The fourth-order valence-electron chi connectivity index (χ4n) is 6.40. The minimum Gasteiger partial charge on any atom is -0.504 e. The Morgan fingerprint density at radius 1 is 1.07 bits per heavy atom. The van der Waals surface area contributed by atoms with E-state index in [4.69, 9.17) is 9.47 Å². The van der Waals surface area contributed by atoms with E-state index in [9.17, 15) is 19.8 Å². The minimum absolute atomic E-state index is 0.0785. The molecule has 1 aliphatic heterocycles. The normalized spacial score (nSPS) is 18.8. The van der Waals surface area contributed by atoms with E-state index >= 15 is 0 Å². The number of hydrogen-bond donors (Lipinski definition) is 2. The Labute approximate surface area is 251 Å². The molecule has 2 aromatic rings. The largest absolute Gasteiger partial charge is 0.504 e. The molecule has 2 fully saturated rings. The lowest BCUT2D eigenvalue weighted by atomic mass is 9.98. The lowest BCUT2D eigenvalue weighted by Crippen LogP contribution is -2.25. The van der Waals surface area contributed by atoms with Crippen molar-refractivity contribution in [2.75, 3.05) is 6.54 Å². The van der Waals surface area contributed by atoms with Gasteiger partial charge < -0.3 is 24.6 Å². The highest BCUT2D eigenvalue weighted by Gasteiger charge is 2.31. The number of phenols is 1. The van der Waals surface area contributed by atoms with E-state index in [1.54, 1.807) is 0 Å². The van der Waals surface area contributed by atoms with Crippen LogP contribution in [0.25, 0.3) is 0 Å². The molecule has 0 radical (unpaired) electrons. The predicted molar refractivity (Wildman–Crippen MR) is 163 cm³/mol. The second kappa shape index (κ2) is 16.0. The number of ether oxygens (including phenoxy) is 2. The Kier molecular flexibility index (Phi) is 12.1. The van der Waals surface area contributed by atoms with Crippen molar-refractivity contribution < 1.29 is 29.3 Å². The van der Waals surface area contributed by atoms with Crippen molar-refractivity contribution in [1.29, 1.82) is 0 Å². The van der Waals surface area contributed by atoms with Gasteiger partial charge in [0.2, 0.25) is 5.91 Å². The van der Waals surface area contributed by atoms with Crippen LogP contribution in [-0.2, 0) is 33.7 Å². The Bertz CT molecular complexity index is 1150. The SMILES string of the molecule is CCCCC[C@H](O)C[C@@H](CCc1cc(CN2C[C@@H](Cc3ccccc3)CC2=O)c(O)c(OC2CCCC2)c1)OC(C)=O. The number of benzene rings is 2. The zero-order valence-electron chi connectivity index (χ0n) is 25.4. The molecular weight excluding hydrogens is 530 g/mol. The van der Waals surface area contributed by atoms with Crippen molar-refractivity contribution in [1.82, 2.24) is 4.90 Å². The Morgan fingerprint density at radius 2 is 1.83 bits per heavy atom. The van der Waals surface area contributed by atoms with Gasteiger partial charge in [0.1, 0.15) is 6.10 Å². The quantitative estimate of drug-likeness (QED) is 0.174. The lowest BCUT2D eigenvalue weighted by Gasteiger charge is -2.23. The summed E-state index contributed by atoms with van der Waals surface area (Å²) in [4.78, 5) is 26.7. The number of phenolic OH excluding ortho intramolecular Hbond substituents is 1. The van der Waals surface area contributed by atoms with E-state index in [1.165, 1.54) is 12.5 Å². The van der Waals surface area contributed by atoms with Crippen molar-refractivity contribution >= 4 is 11.9 Å². The number of rotatable bonds is 16. The fraction of sp³-hybridized carbons (Fsp3) is 0.600. The highest BCUT2D eigenvalue weighted by molar-refractivity contribution is 5.78. The molecule has 0 aromatic heterocycles. The minimum atomic E-state index is -0.512. The summed E-state index contributed by atoms with van der Waals surface area (Å²) in [5.74, 6) is 0.562. The van der Waals surface area contributed by atoms with Crippen molar-refractivity contribution in [3.8, 4) is 11.5 Å². The van der Waals surface area contributed by atoms with Crippen LogP contribution in [0.5, 0.6) is 11.5 Å². The van der Waals surface area contributed by atoms with Crippen LogP contribution in [0.1, 0.15) is 101 Å². The third kappa shape index (κ3) is 9.75. The van der Waals surface area contributed by atoms with Gasteiger partial charge >= 0.3 is 5.97 Å². The molecule has 7 nitrogen and oxygen atoms in total. The number of hydrogen-bond acceptors (Lipinski definition) is 6. The van der Waals surface area contributed by atoms with E-state index in [0.717, 1.165) is 56.9 Å². The van der Waals surface area contributed by atoms with E-state index in [-0.39, 0.29) is 29.6 Å². The second-order valence-electron chi connectivity index (χ2n) is 12.3. The van der Waals surface area contributed by atoms with Gasteiger partial charge in [-0.05, 0) is 74.5 Å². The number of carbonyl (C=O) groups excluding carboxylic acids is 2. The number of aliphatic hydroxyl groups is 1. The van der Waals surface area contributed by atoms with Crippen molar-refractivity contribution in [3.63, 3.8) is 0 Å². The zero-order valence-corrected chi connectivity index (χ0v) is 25.4. The molecule has 7 heteroatoms. The molecule has 1 saturated carbocycles. The summed E-state index contributed by atoms with van der Waals surface area (Å²) in [6.07, 6.45) is 10.1. The first-order chi connectivity index (χ1) is 20.3. The molecule has 2 aromatic carbocycles. The standard InChI is InChI=1S/C35H49NO6/c1-3-4-6-13-30(38)22-32(41-25(2)37)17-16-27-19-29(35(40)33(20-27)42-31-14-9-10-15-31)24-36-23-28(21-34(36)39)18-26-11-7-5-8-12-26/h5,7-8,11-12,19-20,28,30-32,38,40H,3-4,6,9-10,13-18,21-24H2,1-2H3/t28-,30-,32+/m0/s1. The van der Waals surface area contributed by atoms with Gasteiger partial charge in [0.05, 0.1) is 12.2 Å². The van der Waals surface area contributed by atoms with E-state index in [1.807, 2.05) is 35.2 Å². The highest BCUT2D eigenvalue weighted by Crippen LogP contribution is 2.37. The number of amides is 1. The molecule has 4 rings (SSSR count). The average molecular weight is 580 g/mol. The van der Waals surface area contributed by atoms with Crippen LogP contribution in [0.2, 0.25) is 0 Å². The van der Waals surface area contributed by atoms with Crippen LogP contribution in [0.4, 0.5) is 0 Å². The third-order valence-corrected chi connectivity index (χ3v) is 8.60. The molecule has 0 spiro atoms. The van der Waals surface area contributed by atoms with E-state index < -0.39 is 12.2 Å². The van der Waals surface area contributed by atoms with Crippen LogP contribution in [0, 0.1) is 5.92 Å². The number of aromatic hydroxyl groups is 1. The summed E-state index contributed by atoms with van der Waals surface area (Å²) >= 11 is 0. The summed E-state index contributed by atoms with van der Waals surface area (Å²) < 4.78 is 11.9. The smallest absolute Gasteiger partial charge is 0.302 e. The van der Waals surface area contributed by atoms with E-state index in [0.29, 0.717) is 56.5 Å². The van der Waals surface area contributed by atoms with Crippen LogP contribution in [-0.4, -0.2) is 51.8 Å². The van der Waals surface area contributed by atoms with Crippen LogP contribution < -0.4 is 4.74 Å². The van der Waals surface area contributed by atoms with Crippen LogP contribution in [0.15, 0.2) is 42.5 Å². The van der Waals surface area contributed by atoms with Gasteiger partial charge in [0, 0.05) is 38.4 Å². The van der Waals surface area contributed by atoms with Gasteiger partial charge in [-0.15, -0.1) is 0 Å². The molecule has 1 amide bonds. The van der Waals surface area contributed by atoms with Gasteiger partial charge in [0.15, 0.2) is 11.5 Å². The zero-order chi connectivity index (χ0) is 29.9. The number of aryl methyl sites for hydroxylation is 1. The maximum atomic E-state index is 13.0. The maximum Gasteiger partial charge on any atom is 0.302 e. The number of unbranched alkanes of at least 4 members (excludes halogenated alkanes) is 2. The number of esters is 1. The second-order valence-corrected chi connectivity index (χ2v) is 12.3. The first-order valence-corrected chi connectivity index (χ1v) is 16.0. The van der Waals surface area contributed by atoms with Gasteiger partial charge in [0.25, 0.3) is 0 Å². The van der Waals surface area contributed by atoms with Crippen molar-refractivity contribution in [3.05, 3.63) is 59.2 Å². The summed E-state index contributed by atoms with van der Waals surface area (Å²) in [6, 6.07) is 14.1. The van der Waals surface area contributed by atoms with Crippen molar-refractivity contribution in [2.45, 2.75) is 122 Å². The summed E-state index contributed by atoms with van der Waals surface area (Å²) in [6.45, 7) is 4.52. The first-order valence-electron chi connectivity index (χ1n) is 16.0. The summed E-state index contributed by atoms with van der Waals surface area (Å²) in [5.41, 5.74) is 2.87. The topological polar surface area (TPSA) is 96.3 Å². The Balaban J connectivity index is 1.47. The summed E-state index contributed by atoms with van der Waals surface area (Å²) in [5, 5.41) is 21.8. The summed E-state index contributed by atoms with van der Waals surface area (Å²) in [7, 11) is 0. The first kappa shape index (κ1) is 31.9. The number of carbonyl (C=O) groups is 2. The van der Waals surface area contributed by atoms with E-state index in [2.05, 4.69) is 19.1 Å². The average Bonchev–Trinajstić information content (AvgIpc) is 3.59. The number of aliphatic hydroxyl groups excluding tert-OH is 1. The van der Waals surface area contributed by atoms with Gasteiger partial charge in [-0.3, -0.25) is 9.59 Å². The molecule has 2 aliphatic rings. The third-order valence-electron chi connectivity index (χ3n) is 8.60. The number of nitrogens with zero attached hydrogens (tertiary/aromatic N) is 1. The number of likely N-dealkylation sites (tertiary alicyclic amines) is 1. The van der Waals surface area contributed by atoms with Gasteiger partial charge in [-0.1, -0.05) is 62.6 Å². The molecule has 1 aliphatic carbocycles. The van der Waals surface area contributed by atoms with Crippen LogP contribution >= 0.6 is 0 Å².